The Labute approximate surface area is 210 Å². The third-order valence-electron chi connectivity index (χ3n) is 6.27. The number of carbonyl (C=O) groups is 2. The fourth-order valence-corrected chi connectivity index (χ4v) is 5.00. The highest BCUT2D eigenvalue weighted by Gasteiger charge is 2.28. The maximum Gasteiger partial charge on any atom is 0.269 e. The number of nitrogens with zero attached hydrogens (tertiary/aromatic N) is 2. The van der Waals surface area contributed by atoms with E-state index < -0.39 is 11.0 Å². The van der Waals surface area contributed by atoms with E-state index in [-0.39, 0.29) is 29.3 Å². The van der Waals surface area contributed by atoms with Crippen LogP contribution < -0.4 is 10.1 Å². The van der Waals surface area contributed by atoms with Gasteiger partial charge < -0.3 is 15.0 Å². The lowest BCUT2D eigenvalue weighted by atomic mass is 9.95. The summed E-state index contributed by atoms with van der Waals surface area (Å²) < 4.78 is 5.22. The maximum absolute atomic E-state index is 13.3. The van der Waals surface area contributed by atoms with Crippen LogP contribution >= 0.6 is 11.8 Å². The number of amides is 2. The molecule has 3 rings (SSSR count). The Morgan fingerprint density at radius 2 is 1.71 bits per heavy atom. The quantitative estimate of drug-likeness (QED) is 0.355. The first kappa shape index (κ1) is 26.5. The Kier molecular flexibility index (Phi) is 9.96. The number of hydrogen-bond acceptors (Lipinski definition) is 6. The maximum atomic E-state index is 13.3. The zero-order chi connectivity index (χ0) is 25.2. The van der Waals surface area contributed by atoms with Crippen LogP contribution in [0.25, 0.3) is 0 Å². The van der Waals surface area contributed by atoms with Gasteiger partial charge in [0.05, 0.1) is 17.8 Å². The number of nitro groups is 1. The summed E-state index contributed by atoms with van der Waals surface area (Å²) in [4.78, 5) is 38.3. The Hall–Kier alpha value is -3.07. The van der Waals surface area contributed by atoms with Gasteiger partial charge in [0.1, 0.15) is 11.8 Å². The number of methoxy groups -OCH3 is 1. The molecule has 1 atom stereocenters. The molecule has 0 radical (unpaired) electrons. The Morgan fingerprint density at radius 1 is 1.09 bits per heavy atom. The summed E-state index contributed by atoms with van der Waals surface area (Å²) in [6.07, 6.45) is 5.40. The molecule has 2 aromatic rings. The van der Waals surface area contributed by atoms with Crippen molar-refractivity contribution >= 4 is 29.3 Å². The predicted molar refractivity (Wildman–Crippen MR) is 137 cm³/mol. The molecule has 0 saturated heterocycles. The standard InChI is InChI=1S/C26H33N3O5S/c1-19(26(31)27-22-6-4-3-5-7-22)28(16-20-10-14-24(34-2)15-11-20)25(30)18-35-17-21-8-12-23(13-9-21)29(32)33/h8-15,19,22H,3-7,16-18H2,1-2H3,(H,27,31)/t19-/m0/s1. The van der Waals surface area contributed by atoms with Gasteiger partial charge in [-0.3, -0.25) is 19.7 Å². The summed E-state index contributed by atoms with van der Waals surface area (Å²) in [5.74, 6) is 1.23. The number of carbonyl (C=O) groups excluding carboxylic acids is 2. The molecule has 2 aromatic carbocycles. The minimum atomic E-state index is -0.605. The summed E-state index contributed by atoms with van der Waals surface area (Å²) in [5, 5.41) is 14.0. The predicted octanol–water partition coefficient (Wildman–Crippen LogP) is 4.70. The van der Waals surface area contributed by atoms with E-state index in [1.54, 1.807) is 31.1 Å². The second kappa shape index (κ2) is 13.1. The molecule has 35 heavy (non-hydrogen) atoms. The summed E-state index contributed by atoms with van der Waals surface area (Å²) in [6, 6.07) is 13.4. The van der Waals surface area contributed by atoms with Crippen LogP contribution in [0, 0.1) is 10.1 Å². The number of hydrogen-bond donors (Lipinski definition) is 1. The summed E-state index contributed by atoms with van der Waals surface area (Å²) in [6.45, 7) is 2.10. The van der Waals surface area contributed by atoms with Crippen molar-refractivity contribution in [2.45, 2.75) is 63.4 Å². The van der Waals surface area contributed by atoms with Crippen LogP contribution in [-0.2, 0) is 21.9 Å². The van der Waals surface area contributed by atoms with Gasteiger partial charge >= 0.3 is 0 Å². The minimum Gasteiger partial charge on any atom is -0.497 e. The van der Waals surface area contributed by atoms with Gasteiger partial charge in [-0.25, -0.2) is 0 Å². The zero-order valence-electron chi connectivity index (χ0n) is 20.3. The molecule has 0 spiro atoms. The minimum absolute atomic E-state index is 0.0401. The Morgan fingerprint density at radius 3 is 2.31 bits per heavy atom. The second-order valence-electron chi connectivity index (χ2n) is 8.81. The van der Waals surface area contributed by atoms with Crippen molar-refractivity contribution in [1.82, 2.24) is 10.2 Å². The van der Waals surface area contributed by atoms with E-state index in [9.17, 15) is 19.7 Å². The van der Waals surface area contributed by atoms with Gasteiger partial charge in [0.2, 0.25) is 11.8 Å². The molecule has 1 N–H and O–H groups in total. The average Bonchev–Trinajstić information content (AvgIpc) is 2.88. The third kappa shape index (κ3) is 7.99. The molecule has 0 unspecified atom stereocenters. The van der Waals surface area contributed by atoms with Gasteiger partial charge in [-0.1, -0.05) is 43.5 Å². The van der Waals surface area contributed by atoms with Gasteiger partial charge in [0, 0.05) is 30.5 Å². The van der Waals surface area contributed by atoms with E-state index in [2.05, 4.69) is 5.32 Å². The second-order valence-corrected chi connectivity index (χ2v) is 9.79. The first-order chi connectivity index (χ1) is 16.9. The SMILES string of the molecule is COc1ccc(CN(C(=O)CSCc2ccc([N+](=O)[O-])cc2)[C@@H](C)C(=O)NC2CCCCC2)cc1. The highest BCUT2D eigenvalue weighted by atomic mass is 32.2. The molecule has 2 amide bonds. The van der Waals surface area contributed by atoms with Crippen molar-refractivity contribution in [3.05, 3.63) is 69.8 Å². The summed E-state index contributed by atoms with van der Waals surface area (Å²) >= 11 is 1.43. The molecule has 0 heterocycles. The molecule has 9 heteroatoms. The number of thioether (sulfide) groups is 1. The highest BCUT2D eigenvalue weighted by molar-refractivity contribution is 7.99. The van der Waals surface area contributed by atoms with Gasteiger partial charge in [0.15, 0.2) is 0 Å². The molecule has 0 bridgehead atoms. The Bertz CT molecular complexity index is 991. The number of rotatable bonds is 11. The van der Waals surface area contributed by atoms with Crippen molar-refractivity contribution in [1.29, 1.82) is 0 Å². The fraction of sp³-hybridized carbons (Fsp3) is 0.462. The molecule has 0 aliphatic heterocycles. The molecule has 1 saturated carbocycles. The Balaban J connectivity index is 1.64. The van der Waals surface area contributed by atoms with Crippen LogP contribution in [0.2, 0.25) is 0 Å². The van der Waals surface area contributed by atoms with Crippen molar-refractivity contribution in [3.8, 4) is 5.75 Å². The van der Waals surface area contributed by atoms with E-state index in [0.717, 1.165) is 42.6 Å². The lowest BCUT2D eigenvalue weighted by Gasteiger charge is -2.31. The van der Waals surface area contributed by atoms with Crippen LogP contribution in [0.15, 0.2) is 48.5 Å². The third-order valence-corrected chi connectivity index (χ3v) is 7.26. The number of non-ortho nitro benzene ring substituents is 1. The van der Waals surface area contributed by atoms with Crippen molar-refractivity contribution < 1.29 is 19.2 Å². The van der Waals surface area contributed by atoms with Gasteiger partial charge in [-0.15, -0.1) is 11.8 Å². The van der Waals surface area contributed by atoms with Gasteiger partial charge in [-0.2, -0.15) is 0 Å². The van der Waals surface area contributed by atoms with E-state index in [1.165, 1.54) is 30.3 Å². The lowest BCUT2D eigenvalue weighted by Crippen LogP contribution is -2.50. The van der Waals surface area contributed by atoms with E-state index >= 15 is 0 Å². The first-order valence-corrected chi connectivity index (χ1v) is 13.1. The topological polar surface area (TPSA) is 102 Å². The van der Waals surface area contributed by atoms with Crippen molar-refractivity contribution in [2.24, 2.45) is 0 Å². The van der Waals surface area contributed by atoms with Gasteiger partial charge in [-0.05, 0) is 43.0 Å². The number of nitrogens with one attached hydrogen (secondary N) is 1. The summed E-state index contributed by atoms with van der Waals surface area (Å²) in [7, 11) is 1.60. The molecule has 188 valence electrons. The van der Waals surface area contributed by atoms with E-state index in [1.807, 2.05) is 24.3 Å². The normalized spacial score (nSPS) is 14.7. The fourth-order valence-electron chi connectivity index (χ4n) is 4.13. The van der Waals surface area contributed by atoms with Crippen LogP contribution in [-0.4, -0.2) is 46.6 Å². The van der Waals surface area contributed by atoms with Gasteiger partial charge in [0.25, 0.3) is 5.69 Å². The average molecular weight is 500 g/mol. The molecule has 0 aromatic heterocycles. The first-order valence-electron chi connectivity index (χ1n) is 11.9. The van der Waals surface area contributed by atoms with E-state index in [0.29, 0.717) is 12.3 Å². The smallest absolute Gasteiger partial charge is 0.269 e. The monoisotopic (exact) mass is 499 g/mol. The zero-order valence-corrected chi connectivity index (χ0v) is 21.1. The van der Waals surface area contributed by atoms with Crippen LogP contribution in [0.1, 0.15) is 50.2 Å². The molecular weight excluding hydrogens is 466 g/mol. The van der Waals surface area contributed by atoms with Crippen molar-refractivity contribution in [3.63, 3.8) is 0 Å². The molecule has 1 aliphatic rings. The highest BCUT2D eigenvalue weighted by Crippen LogP contribution is 2.21. The molecule has 1 fully saturated rings. The van der Waals surface area contributed by atoms with Crippen LogP contribution in [0.4, 0.5) is 5.69 Å². The molecule has 1 aliphatic carbocycles. The lowest BCUT2D eigenvalue weighted by molar-refractivity contribution is -0.384. The molecule has 8 nitrogen and oxygen atoms in total. The molecular formula is C26H33N3O5S. The number of nitro benzene ring substituents is 1. The van der Waals surface area contributed by atoms with E-state index in [4.69, 9.17) is 4.74 Å². The number of benzene rings is 2. The van der Waals surface area contributed by atoms with Crippen molar-refractivity contribution in [2.75, 3.05) is 12.9 Å². The summed E-state index contributed by atoms with van der Waals surface area (Å²) in [5.41, 5.74) is 1.85. The van der Waals surface area contributed by atoms with Crippen LogP contribution in [0.5, 0.6) is 5.75 Å². The van der Waals surface area contributed by atoms with Crippen LogP contribution in [0.3, 0.4) is 0 Å². The largest absolute Gasteiger partial charge is 0.497 e. The number of ether oxygens (including phenoxy) is 1.